The van der Waals surface area contributed by atoms with Gasteiger partial charge in [0, 0.05) is 33.6 Å². The lowest BCUT2D eigenvalue weighted by molar-refractivity contribution is 0.0956. The molecule has 2 heterocycles. The maximum Gasteiger partial charge on any atom is 0.263 e. The third-order valence-corrected chi connectivity index (χ3v) is 7.54. The zero-order valence-corrected chi connectivity index (χ0v) is 21.8. The Bertz CT molecular complexity index is 1600. The average molecular weight is 530 g/mol. The smallest absolute Gasteiger partial charge is 0.263 e. The molecular formula is C29H24ClN3O3S. The van der Waals surface area contributed by atoms with Crippen molar-refractivity contribution in [1.29, 1.82) is 0 Å². The number of hydrogen-bond donors (Lipinski definition) is 2. The van der Waals surface area contributed by atoms with E-state index in [2.05, 4.69) is 5.32 Å². The molecule has 3 aromatic carbocycles. The molecule has 0 atom stereocenters. The number of amides is 1. The Morgan fingerprint density at radius 3 is 2.46 bits per heavy atom. The normalized spacial score (nSPS) is 10.9. The van der Waals surface area contributed by atoms with Crippen LogP contribution in [0.1, 0.15) is 15.2 Å². The highest BCUT2D eigenvalue weighted by atomic mass is 35.5. The number of carbonyl (C=O) groups excluding carboxylic acids is 1. The number of rotatable bonds is 7. The Morgan fingerprint density at radius 2 is 1.73 bits per heavy atom. The Hall–Kier alpha value is -4.07. The van der Waals surface area contributed by atoms with E-state index in [9.17, 15) is 4.79 Å². The molecule has 8 heteroatoms. The van der Waals surface area contributed by atoms with Crippen LogP contribution < -0.4 is 20.5 Å². The van der Waals surface area contributed by atoms with Gasteiger partial charge in [-0.05, 0) is 35.9 Å². The Labute approximate surface area is 223 Å². The number of nitrogen functional groups attached to an aromatic ring is 1. The van der Waals surface area contributed by atoms with Gasteiger partial charge in [-0.15, -0.1) is 11.3 Å². The SMILES string of the molecule is COc1ccc(OC)c(-c2cc(-c3ccccc3)nc3sc(C(=O)NCc4ccccc4Cl)c(N)c23)c1. The fourth-order valence-corrected chi connectivity index (χ4v) is 5.42. The molecule has 0 saturated heterocycles. The van der Waals surface area contributed by atoms with Gasteiger partial charge < -0.3 is 20.5 Å². The van der Waals surface area contributed by atoms with Gasteiger partial charge in [-0.2, -0.15) is 0 Å². The lowest BCUT2D eigenvalue weighted by Crippen LogP contribution is -2.22. The molecule has 6 nitrogen and oxygen atoms in total. The summed E-state index contributed by atoms with van der Waals surface area (Å²) in [6, 6.07) is 24.8. The molecule has 2 aromatic heterocycles. The van der Waals surface area contributed by atoms with Gasteiger partial charge in [0.15, 0.2) is 0 Å². The second-order valence-corrected chi connectivity index (χ2v) is 9.69. The molecular weight excluding hydrogens is 506 g/mol. The van der Waals surface area contributed by atoms with Crippen molar-refractivity contribution < 1.29 is 14.3 Å². The molecule has 5 rings (SSSR count). The van der Waals surface area contributed by atoms with Crippen molar-refractivity contribution >= 4 is 44.7 Å². The van der Waals surface area contributed by atoms with Crippen molar-refractivity contribution in [3.05, 3.63) is 94.3 Å². The summed E-state index contributed by atoms with van der Waals surface area (Å²) in [5.74, 6) is 1.04. The maximum atomic E-state index is 13.2. The average Bonchev–Trinajstić information content (AvgIpc) is 3.28. The summed E-state index contributed by atoms with van der Waals surface area (Å²) in [5.41, 5.74) is 11.1. The number of ether oxygens (including phenoxy) is 2. The number of carbonyl (C=O) groups is 1. The topological polar surface area (TPSA) is 86.5 Å². The van der Waals surface area contributed by atoms with Gasteiger partial charge in [0.25, 0.3) is 5.91 Å². The van der Waals surface area contributed by atoms with Gasteiger partial charge in [-0.3, -0.25) is 4.79 Å². The van der Waals surface area contributed by atoms with Crippen molar-refractivity contribution in [3.63, 3.8) is 0 Å². The molecule has 0 aliphatic carbocycles. The lowest BCUT2D eigenvalue weighted by atomic mass is 9.98. The minimum absolute atomic E-state index is 0.283. The molecule has 0 radical (unpaired) electrons. The molecule has 5 aromatic rings. The van der Waals surface area contributed by atoms with Gasteiger partial charge in [-0.1, -0.05) is 60.1 Å². The van der Waals surface area contributed by atoms with Crippen LogP contribution in [-0.2, 0) is 6.54 Å². The van der Waals surface area contributed by atoms with E-state index < -0.39 is 0 Å². The molecule has 3 N–H and O–H groups in total. The molecule has 0 aliphatic rings. The van der Waals surface area contributed by atoms with Crippen molar-refractivity contribution in [1.82, 2.24) is 10.3 Å². The summed E-state index contributed by atoms with van der Waals surface area (Å²) < 4.78 is 11.2. The van der Waals surface area contributed by atoms with Crippen LogP contribution in [0.15, 0.2) is 78.9 Å². The summed E-state index contributed by atoms with van der Waals surface area (Å²) in [6.45, 7) is 0.283. The van der Waals surface area contributed by atoms with Crippen LogP contribution in [0.25, 0.3) is 32.6 Å². The van der Waals surface area contributed by atoms with Crippen molar-refractivity contribution in [3.8, 4) is 33.9 Å². The van der Waals surface area contributed by atoms with Crippen molar-refractivity contribution in [2.75, 3.05) is 20.0 Å². The van der Waals surface area contributed by atoms with E-state index in [0.29, 0.717) is 37.3 Å². The zero-order valence-electron chi connectivity index (χ0n) is 20.2. The van der Waals surface area contributed by atoms with Crippen LogP contribution in [0, 0.1) is 0 Å². The minimum atomic E-state index is -0.287. The molecule has 37 heavy (non-hydrogen) atoms. The molecule has 0 unspecified atom stereocenters. The first-order chi connectivity index (χ1) is 18.0. The molecule has 186 valence electrons. The molecule has 1 amide bonds. The monoisotopic (exact) mass is 529 g/mol. The number of aromatic nitrogens is 1. The highest BCUT2D eigenvalue weighted by molar-refractivity contribution is 7.21. The van der Waals surface area contributed by atoms with E-state index >= 15 is 0 Å². The minimum Gasteiger partial charge on any atom is -0.497 e. The van der Waals surface area contributed by atoms with E-state index in [0.717, 1.165) is 27.9 Å². The number of benzene rings is 3. The number of anilines is 1. The number of fused-ring (bicyclic) bond motifs is 1. The number of nitrogens with zero attached hydrogens (tertiary/aromatic N) is 1. The summed E-state index contributed by atoms with van der Waals surface area (Å²) in [5, 5.41) is 4.22. The standard InChI is InChI=1S/C29H24ClN3O3S/c1-35-19-12-13-24(36-2)20(14-19)21-15-23(17-8-4-3-5-9-17)33-29-25(21)26(31)27(37-29)28(34)32-16-18-10-6-7-11-22(18)30/h3-15H,16,31H2,1-2H3,(H,32,34). The first-order valence-electron chi connectivity index (χ1n) is 11.5. The number of nitrogens with two attached hydrogens (primary N) is 1. The second-order valence-electron chi connectivity index (χ2n) is 8.29. The molecule has 0 fully saturated rings. The molecule has 0 saturated carbocycles. The van der Waals surface area contributed by atoms with Crippen LogP contribution in [-0.4, -0.2) is 25.1 Å². The highest BCUT2D eigenvalue weighted by Gasteiger charge is 2.23. The van der Waals surface area contributed by atoms with E-state index in [1.807, 2.05) is 72.8 Å². The van der Waals surface area contributed by atoms with Gasteiger partial charge in [0.1, 0.15) is 21.2 Å². The fraction of sp³-hybridized carbons (Fsp3) is 0.103. The number of thiophene rings is 1. The summed E-state index contributed by atoms with van der Waals surface area (Å²) in [6.07, 6.45) is 0. The first kappa shape index (κ1) is 24.6. The number of hydrogen-bond acceptors (Lipinski definition) is 6. The van der Waals surface area contributed by atoms with Crippen molar-refractivity contribution in [2.24, 2.45) is 0 Å². The van der Waals surface area contributed by atoms with E-state index in [1.54, 1.807) is 20.3 Å². The van der Waals surface area contributed by atoms with Crippen LogP contribution in [0.2, 0.25) is 5.02 Å². The van der Waals surface area contributed by atoms with Crippen LogP contribution in [0.4, 0.5) is 5.69 Å². The van der Waals surface area contributed by atoms with Gasteiger partial charge in [0.2, 0.25) is 0 Å². The Morgan fingerprint density at radius 1 is 0.973 bits per heavy atom. The molecule has 0 spiro atoms. The summed E-state index contributed by atoms with van der Waals surface area (Å²) in [4.78, 5) is 19.2. The Balaban J connectivity index is 1.66. The van der Waals surface area contributed by atoms with E-state index in [-0.39, 0.29) is 12.5 Å². The lowest BCUT2D eigenvalue weighted by Gasteiger charge is -2.14. The highest BCUT2D eigenvalue weighted by Crippen LogP contribution is 2.44. The first-order valence-corrected chi connectivity index (χ1v) is 12.7. The van der Waals surface area contributed by atoms with Gasteiger partial charge in [0.05, 0.1) is 25.6 Å². The third kappa shape index (κ3) is 4.83. The van der Waals surface area contributed by atoms with E-state index in [4.69, 9.17) is 31.8 Å². The van der Waals surface area contributed by atoms with Crippen LogP contribution >= 0.6 is 22.9 Å². The van der Waals surface area contributed by atoms with Crippen LogP contribution in [0.3, 0.4) is 0 Å². The fourth-order valence-electron chi connectivity index (χ4n) is 4.18. The van der Waals surface area contributed by atoms with Gasteiger partial charge >= 0.3 is 0 Å². The molecule has 0 bridgehead atoms. The predicted octanol–water partition coefficient (Wildman–Crippen LogP) is 6.81. The number of halogens is 1. The number of methoxy groups -OCH3 is 2. The summed E-state index contributed by atoms with van der Waals surface area (Å²) >= 11 is 7.52. The quantitative estimate of drug-likeness (QED) is 0.242. The predicted molar refractivity (Wildman–Crippen MR) is 151 cm³/mol. The van der Waals surface area contributed by atoms with Gasteiger partial charge in [-0.25, -0.2) is 4.98 Å². The largest absolute Gasteiger partial charge is 0.497 e. The van der Waals surface area contributed by atoms with E-state index in [1.165, 1.54) is 11.3 Å². The third-order valence-electron chi connectivity index (χ3n) is 6.07. The van der Waals surface area contributed by atoms with Crippen molar-refractivity contribution in [2.45, 2.75) is 6.54 Å². The zero-order chi connectivity index (χ0) is 25.9. The second kappa shape index (κ2) is 10.5. The Kier molecular flexibility index (Phi) is 6.99. The summed E-state index contributed by atoms with van der Waals surface area (Å²) in [7, 11) is 3.23. The molecule has 0 aliphatic heterocycles. The van der Waals surface area contributed by atoms with Crippen LogP contribution in [0.5, 0.6) is 11.5 Å². The number of pyridine rings is 1. The number of nitrogens with one attached hydrogen (secondary N) is 1. The maximum absolute atomic E-state index is 13.2.